The van der Waals surface area contributed by atoms with Gasteiger partial charge in [-0.25, -0.2) is 4.98 Å². The van der Waals surface area contributed by atoms with Crippen LogP contribution in [0.15, 0.2) is 11.6 Å². The monoisotopic (exact) mass is 183 g/mol. The molecule has 1 nitrogen and oxygen atoms in total. The Labute approximate surface area is 78.8 Å². The smallest absolute Gasteiger partial charge is 0.0924 e. The third-order valence-corrected chi connectivity index (χ3v) is 2.64. The van der Waals surface area contributed by atoms with Gasteiger partial charge in [0, 0.05) is 11.6 Å². The first-order valence-corrected chi connectivity index (χ1v) is 5.34. The summed E-state index contributed by atoms with van der Waals surface area (Å²) in [5.41, 5.74) is 0.470. The quantitative estimate of drug-likeness (QED) is 0.698. The molecule has 0 fully saturated rings. The molecule has 12 heavy (non-hydrogen) atoms. The Morgan fingerprint density at radius 2 is 2.17 bits per heavy atom. The Kier molecular flexibility index (Phi) is 3.27. The standard InChI is InChI=1S/C10H17NS/c1-10(2,3)6-4-5-9-11-7-8-12-9/h7-8H,4-6H2,1-3H3. The minimum atomic E-state index is 0.470. The van der Waals surface area contributed by atoms with E-state index in [4.69, 9.17) is 0 Å². The van der Waals surface area contributed by atoms with Gasteiger partial charge in [-0.15, -0.1) is 11.3 Å². The van der Waals surface area contributed by atoms with E-state index in [0.29, 0.717) is 5.41 Å². The van der Waals surface area contributed by atoms with Crippen LogP contribution in [0.2, 0.25) is 0 Å². The van der Waals surface area contributed by atoms with Gasteiger partial charge in [0.25, 0.3) is 0 Å². The zero-order valence-corrected chi connectivity index (χ0v) is 8.95. The van der Waals surface area contributed by atoms with Gasteiger partial charge in [-0.2, -0.15) is 0 Å². The summed E-state index contributed by atoms with van der Waals surface area (Å²) in [5, 5.41) is 3.33. The SMILES string of the molecule is CC(C)(C)CCCc1nccs1. The average molecular weight is 183 g/mol. The Bertz CT molecular complexity index is 208. The van der Waals surface area contributed by atoms with Crippen molar-refractivity contribution in [1.29, 1.82) is 0 Å². The maximum absolute atomic E-state index is 4.25. The van der Waals surface area contributed by atoms with Crippen LogP contribution in [0.1, 0.15) is 38.6 Å². The molecule has 68 valence electrons. The van der Waals surface area contributed by atoms with Gasteiger partial charge in [0.15, 0.2) is 0 Å². The van der Waals surface area contributed by atoms with Crippen LogP contribution in [0.4, 0.5) is 0 Å². The van der Waals surface area contributed by atoms with Gasteiger partial charge in [0.2, 0.25) is 0 Å². The lowest BCUT2D eigenvalue weighted by atomic mass is 9.90. The van der Waals surface area contributed by atoms with Gasteiger partial charge < -0.3 is 0 Å². The molecule has 0 amide bonds. The zero-order valence-electron chi connectivity index (χ0n) is 8.13. The maximum Gasteiger partial charge on any atom is 0.0924 e. The molecule has 0 saturated carbocycles. The van der Waals surface area contributed by atoms with Crippen molar-refractivity contribution in [2.45, 2.75) is 40.0 Å². The molecule has 1 aromatic heterocycles. The molecule has 0 N–H and O–H groups in total. The Morgan fingerprint density at radius 3 is 2.67 bits per heavy atom. The highest BCUT2D eigenvalue weighted by Gasteiger charge is 2.09. The van der Waals surface area contributed by atoms with Crippen molar-refractivity contribution in [1.82, 2.24) is 4.98 Å². The summed E-state index contributed by atoms with van der Waals surface area (Å²) in [6, 6.07) is 0. The van der Waals surface area contributed by atoms with Crippen molar-refractivity contribution in [3.8, 4) is 0 Å². The van der Waals surface area contributed by atoms with Gasteiger partial charge in [-0.3, -0.25) is 0 Å². The molecule has 1 aromatic rings. The molecule has 0 saturated heterocycles. The molecule has 0 aromatic carbocycles. The third-order valence-electron chi connectivity index (χ3n) is 1.80. The molecular formula is C10H17NS. The first kappa shape index (κ1) is 9.72. The molecule has 0 aliphatic rings. The van der Waals surface area contributed by atoms with E-state index in [1.807, 2.05) is 11.6 Å². The van der Waals surface area contributed by atoms with Crippen LogP contribution in [0, 0.1) is 5.41 Å². The minimum absolute atomic E-state index is 0.470. The first-order valence-electron chi connectivity index (χ1n) is 4.46. The highest BCUT2D eigenvalue weighted by atomic mass is 32.1. The fraction of sp³-hybridized carbons (Fsp3) is 0.700. The average Bonchev–Trinajstić information content (AvgIpc) is 2.36. The van der Waals surface area contributed by atoms with E-state index < -0.39 is 0 Å². The fourth-order valence-corrected chi connectivity index (χ4v) is 1.81. The molecular weight excluding hydrogens is 166 g/mol. The summed E-state index contributed by atoms with van der Waals surface area (Å²) in [4.78, 5) is 4.25. The first-order chi connectivity index (χ1) is 5.58. The Balaban J connectivity index is 2.20. The van der Waals surface area contributed by atoms with Crippen LogP contribution in [0.5, 0.6) is 0 Å². The fourth-order valence-electron chi connectivity index (χ4n) is 1.15. The highest BCUT2D eigenvalue weighted by Crippen LogP contribution is 2.22. The van der Waals surface area contributed by atoms with Crippen LogP contribution in [-0.2, 0) is 6.42 Å². The van der Waals surface area contributed by atoms with Crippen molar-refractivity contribution < 1.29 is 0 Å². The Hall–Kier alpha value is -0.370. The molecule has 0 unspecified atom stereocenters. The van der Waals surface area contributed by atoms with Crippen LogP contribution < -0.4 is 0 Å². The number of hydrogen-bond donors (Lipinski definition) is 0. The van der Waals surface area contributed by atoms with E-state index in [9.17, 15) is 0 Å². The molecule has 0 atom stereocenters. The van der Waals surface area contributed by atoms with Crippen LogP contribution in [0.25, 0.3) is 0 Å². The van der Waals surface area contributed by atoms with Crippen LogP contribution >= 0.6 is 11.3 Å². The molecule has 0 radical (unpaired) electrons. The van der Waals surface area contributed by atoms with Crippen LogP contribution in [-0.4, -0.2) is 4.98 Å². The number of aromatic nitrogens is 1. The van der Waals surface area contributed by atoms with Crippen LogP contribution in [0.3, 0.4) is 0 Å². The zero-order chi connectivity index (χ0) is 9.03. The Morgan fingerprint density at radius 1 is 1.42 bits per heavy atom. The van der Waals surface area contributed by atoms with E-state index in [1.54, 1.807) is 11.3 Å². The molecule has 0 bridgehead atoms. The maximum atomic E-state index is 4.25. The molecule has 1 heterocycles. The van der Waals surface area contributed by atoms with Crippen molar-refractivity contribution in [2.75, 3.05) is 0 Å². The summed E-state index contributed by atoms with van der Waals surface area (Å²) in [7, 11) is 0. The molecule has 0 aliphatic heterocycles. The number of aryl methyl sites for hydroxylation is 1. The number of nitrogens with zero attached hydrogens (tertiary/aromatic N) is 1. The van der Waals surface area contributed by atoms with Crippen molar-refractivity contribution in [3.05, 3.63) is 16.6 Å². The second-order valence-electron chi connectivity index (χ2n) is 4.34. The van der Waals surface area contributed by atoms with E-state index in [2.05, 4.69) is 25.8 Å². The number of rotatable bonds is 3. The second kappa shape index (κ2) is 4.04. The summed E-state index contributed by atoms with van der Waals surface area (Å²) in [6.07, 6.45) is 5.58. The largest absolute Gasteiger partial charge is 0.250 e. The topological polar surface area (TPSA) is 12.9 Å². The highest BCUT2D eigenvalue weighted by molar-refractivity contribution is 7.09. The molecule has 0 aliphatic carbocycles. The van der Waals surface area contributed by atoms with E-state index in [0.717, 1.165) is 6.42 Å². The van der Waals surface area contributed by atoms with E-state index in [-0.39, 0.29) is 0 Å². The third kappa shape index (κ3) is 3.86. The van der Waals surface area contributed by atoms with Crippen molar-refractivity contribution in [2.24, 2.45) is 5.41 Å². The molecule has 2 heteroatoms. The lowest BCUT2D eigenvalue weighted by molar-refractivity contribution is 0.365. The number of thiazole rings is 1. The second-order valence-corrected chi connectivity index (χ2v) is 5.32. The number of hydrogen-bond acceptors (Lipinski definition) is 2. The van der Waals surface area contributed by atoms with Crippen molar-refractivity contribution in [3.63, 3.8) is 0 Å². The molecule has 1 rings (SSSR count). The van der Waals surface area contributed by atoms with Gasteiger partial charge >= 0.3 is 0 Å². The lowest BCUT2D eigenvalue weighted by Crippen LogP contribution is -2.04. The van der Waals surface area contributed by atoms with E-state index >= 15 is 0 Å². The molecule has 0 spiro atoms. The predicted molar refractivity (Wildman–Crippen MR) is 54.5 cm³/mol. The lowest BCUT2D eigenvalue weighted by Gasteiger charge is -2.16. The van der Waals surface area contributed by atoms with Gasteiger partial charge in [-0.1, -0.05) is 20.8 Å². The normalized spacial score (nSPS) is 11.9. The van der Waals surface area contributed by atoms with E-state index in [1.165, 1.54) is 17.8 Å². The summed E-state index contributed by atoms with van der Waals surface area (Å²) in [5.74, 6) is 0. The summed E-state index contributed by atoms with van der Waals surface area (Å²) < 4.78 is 0. The van der Waals surface area contributed by atoms with Gasteiger partial charge in [0.1, 0.15) is 0 Å². The minimum Gasteiger partial charge on any atom is -0.250 e. The van der Waals surface area contributed by atoms with Crippen molar-refractivity contribution >= 4 is 11.3 Å². The summed E-state index contributed by atoms with van der Waals surface area (Å²) >= 11 is 1.76. The predicted octanol–water partition coefficient (Wildman–Crippen LogP) is 3.51. The van der Waals surface area contributed by atoms with Gasteiger partial charge in [0.05, 0.1) is 5.01 Å². The summed E-state index contributed by atoms with van der Waals surface area (Å²) in [6.45, 7) is 6.86. The van der Waals surface area contributed by atoms with Gasteiger partial charge in [-0.05, 0) is 24.7 Å².